The van der Waals surface area contributed by atoms with E-state index >= 15 is 0 Å². The van der Waals surface area contributed by atoms with Crippen LogP contribution in [-0.2, 0) is 24.2 Å². The Labute approximate surface area is 171 Å². The van der Waals surface area contributed by atoms with Gasteiger partial charge in [0, 0.05) is 10.9 Å². The van der Waals surface area contributed by atoms with Gasteiger partial charge in [0.15, 0.2) is 4.83 Å². The van der Waals surface area contributed by atoms with Crippen LogP contribution in [0.15, 0.2) is 23.0 Å². The molecule has 8 nitrogen and oxygen atoms in total. The smallest absolute Gasteiger partial charge is 0.279 e. The van der Waals surface area contributed by atoms with Crippen LogP contribution in [0.4, 0.5) is 5.69 Å². The number of aryl methyl sites for hydroxylation is 1. The van der Waals surface area contributed by atoms with Crippen LogP contribution in [0.25, 0.3) is 10.2 Å². The Morgan fingerprint density at radius 2 is 2.17 bits per heavy atom. The lowest BCUT2D eigenvalue weighted by Crippen LogP contribution is -2.30. The van der Waals surface area contributed by atoms with Crippen molar-refractivity contribution in [2.24, 2.45) is 5.92 Å². The number of hydrogen-bond acceptors (Lipinski definition) is 7. The van der Waals surface area contributed by atoms with E-state index in [1.807, 2.05) is 0 Å². The number of aromatic nitrogens is 3. The van der Waals surface area contributed by atoms with E-state index < -0.39 is 0 Å². The molecule has 29 heavy (non-hydrogen) atoms. The number of amides is 1. The monoisotopic (exact) mass is 414 g/mol. The van der Waals surface area contributed by atoms with Gasteiger partial charge in [-0.1, -0.05) is 12.1 Å². The molecule has 4 rings (SSSR count). The van der Waals surface area contributed by atoms with Crippen LogP contribution in [0.1, 0.15) is 23.8 Å². The van der Waals surface area contributed by atoms with Gasteiger partial charge >= 0.3 is 0 Å². The van der Waals surface area contributed by atoms with Crippen molar-refractivity contribution in [3.05, 3.63) is 39.0 Å². The molecule has 152 valence electrons. The Morgan fingerprint density at radius 3 is 2.93 bits per heavy atom. The molecule has 1 atom stereocenters. The SMILES string of the molecule is COc1ccc(NC(=O)Cn2nnc3sc4c(c3c2=O)CC[C@@H](C)C4)c(OC)c1. The van der Waals surface area contributed by atoms with Crippen LogP contribution < -0.4 is 20.3 Å². The van der Waals surface area contributed by atoms with Gasteiger partial charge in [0.1, 0.15) is 18.0 Å². The molecule has 0 bridgehead atoms. The zero-order valence-electron chi connectivity index (χ0n) is 16.5. The molecule has 1 aliphatic rings. The Morgan fingerprint density at radius 1 is 1.34 bits per heavy atom. The molecule has 0 spiro atoms. The lowest BCUT2D eigenvalue weighted by Gasteiger charge is -2.17. The van der Waals surface area contributed by atoms with Gasteiger partial charge in [-0.15, -0.1) is 16.4 Å². The molecule has 2 aromatic heterocycles. The quantitative estimate of drug-likeness (QED) is 0.690. The fraction of sp³-hybridized carbons (Fsp3) is 0.400. The number of carbonyl (C=O) groups is 1. The Balaban J connectivity index is 1.59. The number of rotatable bonds is 5. The molecule has 1 N–H and O–H groups in total. The summed E-state index contributed by atoms with van der Waals surface area (Å²) in [6.07, 6.45) is 2.89. The molecule has 2 heterocycles. The van der Waals surface area contributed by atoms with E-state index in [0.717, 1.165) is 29.5 Å². The topological polar surface area (TPSA) is 95.3 Å². The minimum Gasteiger partial charge on any atom is -0.497 e. The van der Waals surface area contributed by atoms with Crippen molar-refractivity contribution < 1.29 is 14.3 Å². The maximum absolute atomic E-state index is 13.0. The number of fused-ring (bicyclic) bond motifs is 3. The van der Waals surface area contributed by atoms with Gasteiger partial charge in [0.25, 0.3) is 5.56 Å². The van der Waals surface area contributed by atoms with Gasteiger partial charge in [0.05, 0.1) is 25.3 Å². The Bertz CT molecular complexity index is 1140. The fourth-order valence-electron chi connectivity index (χ4n) is 3.62. The highest BCUT2D eigenvalue weighted by Crippen LogP contribution is 2.35. The van der Waals surface area contributed by atoms with Crippen molar-refractivity contribution in [3.63, 3.8) is 0 Å². The maximum atomic E-state index is 13.0. The molecular formula is C20H22N4O4S. The zero-order chi connectivity index (χ0) is 20.5. The summed E-state index contributed by atoms with van der Waals surface area (Å²) in [6, 6.07) is 5.07. The number of thiophene rings is 1. The van der Waals surface area contributed by atoms with Gasteiger partial charge in [-0.3, -0.25) is 9.59 Å². The van der Waals surface area contributed by atoms with Gasteiger partial charge in [-0.2, -0.15) is 0 Å². The number of nitrogens with zero attached hydrogens (tertiary/aromatic N) is 3. The molecule has 0 fully saturated rings. The summed E-state index contributed by atoms with van der Waals surface area (Å²) in [5.74, 6) is 1.30. The molecule has 0 radical (unpaired) electrons. The van der Waals surface area contributed by atoms with E-state index in [1.165, 1.54) is 12.0 Å². The van der Waals surface area contributed by atoms with E-state index in [0.29, 0.717) is 33.3 Å². The summed E-state index contributed by atoms with van der Waals surface area (Å²) >= 11 is 1.54. The standard InChI is InChI=1S/C20H22N4O4S/c1-11-4-6-13-16(8-11)29-19-18(13)20(26)24(23-22-19)10-17(25)21-14-7-5-12(27-2)9-15(14)28-3/h5,7,9,11H,4,6,8,10H2,1-3H3,(H,21,25)/t11-/m1/s1. The van der Waals surface area contributed by atoms with E-state index in [2.05, 4.69) is 22.6 Å². The molecular weight excluding hydrogens is 392 g/mol. The second-order valence-electron chi connectivity index (χ2n) is 7.20. The second-order valence-corrected chi connectivity index (χ2v) is 8.28. The summed E-state index contributed by atoms with van der Waals surface area (Å²) in [4.78, 5) is 27.4. The molecule has 0 saturated heterocycles. The largest absolute Gasteiger partial charge is 0.497 e. The van der Waals surface area contributed by atoms with Crippen LogP contribution in [-0.4, -0.2) is 35.1 Å². The van der Waals surface area contributed by atoms with Gasteiger partial charge in [-0.25, -0.2) is 4.68 Å². The van der Waals surface area contributed by atoms with Crippen molar-refractivity contribution in [2.45, 2.75) is 32.7 Å². The second kappa shape index (κ2) is 7.82. The summed E-state index contributed by atoms with van der Waals surface area (Å²) in [5, 5.41) is 11.5. The summed E-state index contributed by atoms with van der Waals surface area (Å²) in [7, 11) is 3.06. The van der Waals surface area contributed by atoms with Crippen LogP contribution in [0.3, 0.4) is 0 Å². The van der Waals surface area contributed by atoms with Crippen LogP contribution in [0.2, 0.25) is 0 Å². The number of nitrogens with one attached hydrogen (secondary N) is 1. The first-order chi connectivity index (χ1) is 14.0. The van der Waals surface area contributed by atoms with Crippen LogP contribution >= 0.6 is 11.3 Å². The average Bonchev–Trinajstić information content (AvgIpc) is 3.08. The first-order valence-electron chi connectivity index (χ1n) is 9.40. The van der Waals surface area contributed by atoms with Gasteiger partial charge < -0.3 is 14.8 Å². The van der Waals surface area contributed by atoms with Gasteiger partial charge in [0.2, 0.25) is 5.91 Å². The molecule has 0 saturated carbocycles. The lowest BCUT2D eigenvalue weighted by atomic mass is 9.89. The Kier molecular flexibility index (Phi) is 5.23. The number of carbonyl (C=O) groups excluding carboxylic acids is 1. The lowest BCUT2D eigenvalue weighted by molar-refractivity contribution is -0.117. The van der Waals surface area contributed by atoms with Crippen LogP contribution in [0, 0.1) is 5.92 Å². The maximum Gasteiger partial charge on any atom is 0.279 e. The van der Waals surface area contributed by atoms with E-state index in [-0.39, 0.29) is 18.0 Å². The highest BCUT2D eigenvalue weighted by Gasteiger charge is 2.24. The number of anilines is 1. The summed E-state index contributed by atoms with van der Waals surface area (Å²) in [5.41, 5.74) is 1.30. The highest BCUT2D eigenvalue weighted by molar-refractivity contribution is 7.18. The normalized spacial score (nSPS) is 15.8. The number of ether oxygens (including phenoxy) is 2. The third-order valence-corrected chi connectivity index (χ3v) is 6.30. The van der Waals surface area contributed by atoms with Crippen molar-refractivity contribution in [3.8, 4) is 11.5 Å². The first kappa shape index (κ1) is 19.4. The first-order valence-corrected chi connectivity index (χ1v) is 10.2. The van der Waals surface area contributed by atoms with Crippen molar-refractivity contribution in [1.29, 1.82) is 0 Å². The highest BCUT2D eigenvalue weighted by atomic mass is 32.1. The number of benzene rings is 1. The number of methoxy groups -OCH3 is 2. The molecule has 9 heteroatoms. The molecule has 1 aliphatic carbocycles. The van der Waals surface area contributed by atoms with Crippen LogP contribution in [0.5, 0.6) is 11.5 Å². The number of hydrogen-bond donors (Lipinski definition) is 1. The zero-order valence-corrected chi connectivity index (χ0v) is 17.3. The predicted octanol–water partition coefficient (Wildman–Crippen LogP) is 2.63. The van der Waals surface area contributed by atoms with Crippen molar-refractivity contribution in [2.75, 3.05) is 19.5 Å². The van der Waals surface area contributed by atoms with E-state index in [9.17, 15) is 9.59 Å². The molecule has 1 aromatic carbocycles. The predicted molar refractivity (Wildman–Crippen MR) is 111 cm³/mol. The molecule has 0 unspecified atom stereocenters. The van der Waals surface area contributed by atoms with Gasteiger partial charge in [-0.05, 0) is 42.9 Å². The molecule has 1 amide bonds. The third-order valence-electron chi connectivity index (χ3n) is 5.16. The van der Waals surface area contributed by atoms with E-state index in [1.54, 1.807) is 36.6 Å². The fourth-order valence-corrected chi connectivity index (χ4v) is 4.94. The minimum absolute atomic E-state index is 0.224. The Hall–Kier alpha value is -2.94. The van der Waals surface area contributed by atoms with E-state index in [4.69, 9.17) is 9.47 Å². The third kappa shape index (κ3) is 3.69. The molecule has 0 aliphatic heterocycles. The van der Waals surface area contributed by atoms with Crippen molar-refractivity contribution in [1.82, 2.24) is 15.0 Å². The van der Waals surface area contributed by atoms with Crippen molar-refractivity contribution >= 4 is 33.1 Å². The summed E-state index contributed by atoms with van der Waals surface area (Å²) < 4.78 is 11.6. The molecule has 3 aromatic rings. The summed E-state index contributed by atoms with van der Waals surface area (Å²) in [6.45, 7) is 1.99. The minimum atomic E-state index is -0.387. The average molecular weight is 414 g/mol.